The fraction of sp³-hybridized carbons (Fsp3) is 0.333. The predicted molar refractivity (Wildman–Crippen MR) is 110 cm³/mol. The standard InChI is InChI=1S/C18H21Cl2N3O2S/c1-22-7-9-23(10-8-22)13-11-15(14-5-3-4-6-16(14)19)18(20)17(12-13)21-26(2,24)25/h3-6,11-12,21H,7-10H2,1-2H3. The number of piperazine rings is 1. The van der Waals surface area contributed by atoms with E-state index in [0.29, 0.717) is 21.3 Å². The van der Waals surface area contributed by atoms with Crippen LogP contribution in [0.1, 0.15) is 0 Å². The molecule has 2 aromatic rings. The molecular formula is C18H21Cl2N3O2S. The minimum atomic E-state index is -3.46. The molecule has 0 aliphatic carbocycles. The lowest BCUT2D eigenvalue weighted by atomic mass is 10.0. The fourth-order valence-corrected chi connectivity index (χ4v) is 4.12. The summed E-state index contributed by atoms with van der Waals surface area (Å²) in [6, 6.07) is 11.2. The zero-order valence-electron chi connectivity index (χ0n) is 14.7. The van der Waals surface area contributed by atoms with Crippen molar-refractivity contribution in [2.45, 2.75) is 0 Å². The number of sulfonamides is 1. The zero-order valence-corrected chi connectivity index (χ0v) is 17.0. The SMILES string of the molecule is CN1CCN(c2cc(NS(C)(=O)=O)c(Cl)c(-c3ccccc3Cl)c2)CC1. The number of halogens is 2. The maximum absolute atomic E-state index is 11.8. The molecule has 1 saturated heterocycles. The van der Waals surface area contributed by atoms with Gasteiger partial charge in [0, 0.05) is 48.0 Å². The Labute approximate surface area is 164 Å². The van der Waals surface area contributed by atoms with E-state index in [-0.39, 0.29) is 0 Å². The second kappa shape index (κ2) is 7.64. The summed E-state index contributed by atoms with van der Waals surface area (Å²) in [5.41, 5.74) is 2.76. The first kappa shape index (κ1) is 19.3. The van der Waals surface area contributed by atoms with Crippen molar-refractivity contribution < 1.29 is 8.42 Å². The molecule has 26 heavy (non-hydrogen) atoms. The first-order valence-corrected chi connectivity index (χ1v) is 10.9. The Bertz CT molecular complexity index is 911. The van der Waals surface area contributed by atoms with Gasteiger partial charge in [-0.2, -0.15) is 0 Å². The van der Waals surface area contributed by atoms with E-state index in [4.69, 9.17) is 23.2 Å². The number of likely N-dealkylation sites (N-methyl/N-ethyl adjacent to an activating group) is 1. The van der Waals surface area contributed by atoms with Crippen LogP contribution >= 0.6 is 23.2 Å². The topological polar surface area (TPSA) is 52.6 Å². The molecule has 0 amide bonds. The molecule has 140 valence electrons. The Kier molecular flexibility index (Phi) is 5.67. The lowest BCUT2D eigenvalue weighted by molar-refractivity contribution is 0.313. The second-order valence-electron chi connectivity index (χ2n) is 6.50. The highest BCUT2D eigenvalue weighted by atomic mass is 35.5. The largest absolute Gasteiger partial charge is 0.369 e. The van der Waals surface area contributed by atoms with Crippen LogP contribution in [-0.2, 0) is 10.0 Å². The van der Waals surface area contributed by atoms with E-state index in [1.54, 1.807) is 12.1 Å². The first-order valence-electron chi connectivity index (χ1n) is 8.24. The van der Waals surface area contributed by atoms with Crippen molar-refractivity contribution in [1.29, 1.82) is 0 Å². The van der Waals surface area contributed by atoms with Gasteiger partial charge in [0.2, 0.25) is 10.0 Å². The van der Waals surface area contributed by atoms with Gasteiger partial charge in [0.15, 0.2) is 0 Å². The Balaban J connectivity index is 2.12. The van der Waals surface area contributed by atoms with Gasteiger partial charge in [-0.3, -0.25) is 4.72 Å². The number of benzene rings is 2. The lowest BCUT2D eigenvalue weighted by Crippen LogP contribution is -2.44. The second-order valence-corrected chi connectivity index (χ2v) is 9.03. The molecule has 0 bridgehead atoms. The summed E-state index contributed by atoms with van der Waals surface area (Å²) in [6.45, 7) is 3.61. The zero-order chi connectivity index (χ0) is 18.9. The number of nitrogens with one attached hydrogen (secondary N) is 1. The van der Waals surface area contributed by atoms with Gasteiger partial charge >= 0.3 is 0 Å². The van der Waals surface area contributed by atoms with Crippen LogP contribution in [-0.4, -0.2) is 52.8 Å². The number of anilines is 2. The molecule has 0 atom stereocenters. The van der Waals surface area contributed by atoms with Crippen molar-refractivity contribution in [1.82, 2.24) is 4.90 Å². The van der Waals surface area contributed by atoms with E-state index in [9.17, 15) is 8.42 Å². The highest BCUT2D eigenvalue weighted by molar-refractivity contribution is 7.92. The number of rotatable bonds is 4. The molecule has 1 N–H and O–H groups in total. The molecular weight excluding hydrogens is 393 g/mol. The molecule has 8 heteroatoms. The minimum absolute atomic E-state index is 0.335. The van der Waals surface area contributed by atoms with Gasteiger partial charge in [-0.15, -0.1) is 0 Å². The van der Waals surface area contributed by atoms with E-state index in [0.717, 1.165) is 43.7 Å². The summed E-state index contributed by atoms with van der Waals surface area (Å²) < 4.78 is 26.1. The third kappa shape index (κ3) is 4.43. The minimum Gasteiger partial charge on any atom is -0.369 e. The van der Waals surface area contributed by atoms with Crippen molar-refractivity contribution in [3.05, 3.63) is 46.4 Å². The van der Waals surface area contributed by atoms with Crippen LogP contribution in [0, 0.1) is 0 Å². The van der Waals surface area contributed by atoms with E-state index in [2.05, 4.69) is 21.6 Å². The van der Waals surface area contributed by atoms with Crippen LogP contribution in [0.2, 0.25) is 10.0 Å². The van der Waals surface area contributed by atoms with Crippen LogP contribution in [0.3, 0.4) is 0 Å². The molecule has 0 unspecified atom stereocenters. The molecule has 0 aromatic heterocycles. The average Bonchev–Trinajstić information content (AvgIpc) is 2.57. The van der Waals surface area contributed by atoms with Crippen molar-refractivity contribution in [2.75, 3.05) is 49.1 Å². The summed E-state index contributed by atoms with van der Waals surface area (Å²) in [6.07, 6.45) is 1.11. The molecule has 1 aliphatic rings. The van der Waals surface area contributed by atoms with Crippen molar-refractivity contribution in [3.63, 3.8) is 0 Å². The Morgan fingerprint density at radius 3 is 2.27 bits per heavy atom. The molecule has 1 heterocycles. The summed E-state index contributed by atoms with van der Waals surface area (Å²) in [7, 11) is -1.37. The van der Waals surface area contributed by atoms with Crippen molar-refractivity contribution >= 4 is 44.6 Å². The van der Waals surface area contributed by atoms with E-state index >= 15 is 0 Å². The molecule has 0 spiro atoms. The quantitative estimate of drug-likeness (QED) is 0.828. The summed E-state index contributed by atoms with van der Waals surface area (Å²) in [5.74, 6) is 0. The van der Waals surface area contributed by atoms with E-state index in [1.165, 1.54) is 0 Å². The van der Waals surface area contributed by atoms with Crippen LogP contribution in [0.5, 0.6) is 0 Å². The van der Waals surface area contributed by atoms with Gasteiger partial charge in [-0.25, -0.2) is 8.42 Å². The maximum Gasteiger partial charge on any atom is 0.229 e. The third-order valence-corrected chi connectivity index (χ3v) is 5.71. The number of hydrogen-bond donors (Lipinski definition) is 1. The van der Waals surface area contributed by atoms with Crippen LogP contribution < -0.4 is 9.62 Å². The predicted octanol–water partition coefficient (Wildman–Crippen LogP) is 3.78. The van der Waals surface area contributed by atoms with Crippen LogP contribution in [0.25, 0.3) is 11.1 Å². The van der Waals surface area contributed by atoms with E-state index in [1.807, 2.05) is 24.3 Å². The summed E-state index contributed by atoms with van der Waals surface area (Å²) >= 11 is 12.9. The monoisotopic (exact) mass is 413 g/mol. The number of nitrogens with zero attached hydrogens (tertiary/aromatic N) is 2. The van der Waals surface area contributed by atoms with Crippen LogP contribution in [0.4, 0.5) is 11.4 Å². The molecule has 1 aliphatic heterocycles. The van der Waals surface area contributed by atoms with Gasteiger partial charge < -0.3 is 9.80 Å². The molecule has 1 fully saturated rings. The average molecular weight is 414 g/mol. The molecule has 3 rings (SSSR count). The van der Waals surface area contributed by atoms with Gasteiger partial charge in [0.1, 0.15) is 0 Å². The molecule has 2 aromatic carbocycles. The molecule has 0 radical (unpaired) electrons. The Morgan fingerprint density at radius 1 is 1.00 bits per heavy atom. The first-order chi connectivity index (χ1) is 12.2. The van der Waals surface area contributed by atoms with Gasteiger partial charge in [-0.05, 0) is 25.2 Å². The highest BCUT2D eigenvalue weighted by Gasteiger charge is 2.20. The van der Waals surface area contributed by atoms with Gasteiger partial charge in [0.05, 0.1) is 17.0 Å². The highest BCUT2D eigenvalue weighted by Crippen LogP contribution is 2.41. The Hall–Kier alpha value is -1.47. The van der Waals surface area contributed by atoms with Gasteiger partial charge in [-0.1, -0.05) is 41.4 Å². The Morgan fingerprint density at radius 2 is 1.65 bits per heavy atom. The summed E-state index contributed by atoms with van der Waals surface area (Å²) in [5, 5.41) is 0.900. The molecule has 0 saturated carbocycles. The maximum atomic E-state index is 11.8. The third-order valence-electron chi connectivity index (χ3n) is 4.39. The van der Waals surface area contributed by atoms with E-state index < -0.39 is 10.0 Å². The smallest absolute Gasteiger partial charge is 0.229 e. The lowest BCUT2D eigenvalue weighted by Gasteiger charge is -2.34. The molecule has 5 nitrogen and oxygen atoms in total. The normalized spacial score (nSPS) is 15.9. The summed E-state index contributed by atoms with van der Waals surface area (Å²) in [4.78, 5) is 4.49. The number of hydrogen-bond acceptors (Lipinski definition) is 4. The van der Waals surface area contributed by atoms with Crippen molar-refractivity contribution in [2.24, 2.45) is 0 Å². The van der Waals surface area contributed by atoms with Crippen molar-refractivity contribution in [3.8, 4) is 11.1 Å². The van der Waals surface area contributed by atoms with Gasteiger partial charge in [0.25, 0.3) is 0 Å². The van der Waals surface area contributed by atoms with Crippen LogP contribution in [0.15, 0.2) is 36.4 Å². The fourth-order valence-electron chi connectivity index (χ4n) is 3.01.